The standard InChI is InChI=1S/C16H24N2O5S/c1-2-9-17-24(22,23)14-5-3-13(4-6-14)15(20)18-10-7-16(21,12-19)8-11-18/h3-6,17,19,21H,2,7-12H2,1H3. The summed E-state index contributed by atoms with van der Waals surface area (Å²) in [6.07, 6.45) is 1.34. The van der Waals surface area contributed by atoms with Gasteiger partial charge in [0.05, 0.1) is 17.1 Å². The topological polar surface area (TPSA) is 107 Å². The number of piperidine rings is 1. The molecule has 1 heterocycles. The van der Waals surface area contributed by atoms with E-state index in [9.17, 15) is 18.3 Å². The molecule has 0 radical (unpaired) electrons. The van der Waals surface area contributed by atoms with Crippen LogP contribution >= 0.6 is 0 Å². The number of sulfonamides is 1. The monoisotopic (exact) mass is 356 g/mol. The lowest BCUT2D eigenvalue weighted by molar-refractivity contribution is -0.0546. The summed E-state index contributed by atoms with van der Waals surface area (Å²) in [5.41, 5.74) is -0.710. The number of aliphatic hydroxyl groups is 2. The first-order valence-electron chi connectivity index (χ1n) is 8.03. The van der Waals surface area contributed by atoms with Gasteiger partial charge in [-0.05, 0) is 43.5 Å². The number of nitrogens with zero attached hydrogens (tertiary/aromatic N) is 1. The van der Waals surface area contributed by atoms with E-state index in [2.05, 4.69) is 4.72 Å². The summed E-state index contributed by atoms with van der Waals surface area (Å²) in [4.78, 5) is 14.2. The molecule has 0 saturated carbocycles. The van der Waals surface area contributed by atoms with Crippen LogP contribution in [0, 0.1) is 0 Å². The molecule has 2 rings (SSSR count). The Hall–Kier alpha value is -1.48. The van der Waals surface area contributed by atoms with Gasteiger partial charge in [-0.25, -0.2) is 13.1 Å². The quantitative estimate of drug-likeness (QED) is 0.681. The second kappa shape index (κ2) is 7.60. The average molecular weight is 356 g/mol. The number of hydrogen-bond acceptors (Lipinski definition) is 5. The number of hydrogen-bond donors (Lipinski definition) is 3. The third-order valence-corrected chi connectivity index (χ3v) is 5.71. The van der Waals surface area contributed by atoms with Gasteiger partial charge in [0.1, 0.15) is 0 Å². The van der Waals surface area contributed by atoms with Crippen molar-refractivity contribution in [2.24, 2.45) is 0 Å². The van der Waals surface area contributed by atoms with Crippen LogP contribution in [-0.2, 0) is 10.0 Å². The highest BCUT2D eigenvalue weighted by Crippen LogP contribution is 2.23. The third-order valence-electron chi connectivity index (χ3n) is 4.23. The lowest BCUT2D eigenvalue weighted by Crippen LogP contribution is -2.48. The van der Waals surface area contributed by atoms with Gasteiger partial charge in [0.15, 0.2) is 0 Å². The van der Waals surface area contributed by atoms with Crippen LogP contribution in [0.25, 0.3) is 0 Å². The predicted molar refractivity (Wildman–Crippen MR) is 89.1 cm³/mol. The molecule has 0 atom stereocenters. The van der Waals surface area contributed by atoms with Crippen molar-refractivity contribution in [3.05, 3.63) is 29.8 Å². The van der Waals surface area contributed by atoms with E-state index < -0.39 is 15.6 Å². The first-order valence-corrected chi connectivity index (χ1v) is 9.52. The zero-order valence-electron chi connectivity index (χ0n) is 13.7. The van der Waals surface area contributed by atoms with Gasteiger partial charge >= 0.3 is 0 Å². The van der Waals surface area contributed by atoms with Gasteiger partial charge in [0, 0.05) is 25.2 Å². The summed E-state index contributed by atoms with van der Waals surface area (Å²) in [7, 11) is -3.54. The molecular weight excluding hydrogens is 332 g/mol. The smallest absolute Gasteiger partial charge is 0.253 e. The van der Waals surface area contributed by atoms with Crippen LogP contribution in [0.1, 0.15) is 36.5 Å². The minimum absolute atomic E-state index is 0.126. The second-order valence-corrected chi connectivity index (χ2v) is 7.86. The van der Waals surface area contributed by atoms with Crippen molar-refractivity contribution < 1.29 is 23.4 Å². The fraction of sp³-hybridized carbons (Fsp3) is 0.562. The summed E-state index contributed by atoms with van der Waals surface area (Å²) in [5.74, 6) is -0.208. The van der Waals surface area contributed by atoms with Crippen molar-refractivity contribution in [2.75, 3.05) is 26.2 Å². The van der Waals surface area contributed by atoms with Gasteiger partial charge in [0.25, 0.3) is 5.91 Å². The van der Waals surface area contributed by atoms with E-state index in [-0.39, 0.29) is 17.4 Å². The summed E-state index contributed by atoms with van der Waals surface area (Å²) < 4.78 is 26.5. The predicted octanol–water partition coefficient (Wildman–Crippen LogP) is 0.334. The fourth-order valence-electron chi connectivity index (χ4n) is 2.56. The Bertz CT molecular complexity index is 664. The van der Waals surface area contributed by atoms with Crippen molar-refractivity contribution in [3.63, 3.8) is 0 Å². The number of rotatable bonds is 6. The van der Waals surface area contributed by atoms with Crippen LogP contribution in [-0.4, -0.2) is 61.3 Å². The molecule has 1 saturated heterocycles. The number of likely N-dealkylation sites (tertiary alicyclic amines) is 1. The first-order chi connectivity index (χ1) is 11.3. The first kappa shape index (κ1) is 18.9. The zero-order valence-corrected chi connectivity index (χ0v) is 14.6. The SMILES string of the molecule is CCCNS(=O)(=O)c1ccc(C(=O)N2CCC(O)(CO)CC2)cc1. The van der Waals surface area contributed by atoms with Gasteiger partial charge < -0.3 is 15.1 Å². The molecule has 0 aliphatic carbocycles. The van der Waals surface area contributed by atoms with Crippen LogP contribution < -0.4 is 4.72 Å². The van der Waals surface area contributed by atoms with E-state index in [1.807, 2.05) is 6.92 Å². The molecule has 1 fully saturated rings. The van der Waals surface area contributed by atoms with Gasteiger partial charge in [-0.15, -0.1) is 0 Å². The maximum Gasteiger partial charge on any atom is 0.253 e. The van der Waals surface area contributed by atoms with Crippen molar-refractivity contribution in [2.45, 2.75) is 36.7 Å². The molecule has 0 spiro atoms. The van der Waals surface area contributed by atoms with Crippen LogP contribution in [0.4, 0.5) is 0 Å². The summed E-state index contributed by atoms with van der Waals surface area (Å²) in [6.45, 7) is 2.64. The molecule has 1 aromatic carbocycles. The van der Waals surface area contributed by atoms with E-state index in [1.165, 1.54) is 24.3 Å². The average Bonchev–Trinajstić information content (AvgIpc) is 2.60. The van der Waals surface area contributed by atoms with E-state index in [0.717, 1.165) is 0 Å². The molecule has 24 heavy (non-hydrogen) atoms. The molecule has 8 heteroatoms. The Balaban J connectivity index is 2.04. The Labute approximate surface area is 142 Å². The van der Waals surface area contributed by atoms with E-state index in [4.69, 9.17) is 5.11 Å². The number of benzene rings is 1. The lowest BCUT2D eigenvalue weighted by Gasteiger charge is -2.37. The molecule has 3 N–H and O–H groups in total. The summed E-state index contributed by atoms with van der Waals surface area (Å²) >= 11 is 0. The molecule has 134 valence electrons. The van der Waals surface area contributed by atoms with Crippen LogP contribution in [0.3, 0.4) is 0 Å². The van der Waals surface area contributed by atoms with Crippen molar-refractivity contribution in [1.82, 2.24) is 9.62 Å². The third kappa shape index (κ3) is 4.32. The largest absolute Gasteiger partial charge is 0.393 e. The summed E-state index contributed by atoms with van der Waals surface area (Å²) in [5, 5.41) is 19.1. The van der Waals surface area contributed by atoms with E-state index in [1.54, 1.807) is 4.90 Å². The van der Waals surface area contributed by atoms with Crippen LogP contribution in [0.2, 0.25) is 0 Å². The van der Waals surface area contributed by atoms with Gasteiger partial charge in [-0.3, -0.25) is 4.79 Å². The Morgan fingerprint density at radius 2 is 1.83 bits per heavy atom. The van der Waals surface area contributed by atoms with Gasteiger partial charge in [-0.1, -0.05) is 6.92 Å². The molecule has 1 aliphatic heterocycles. The van der Waals surface area contributed by atoms with Crippen molar-refractivity contribution in [1.29, 1.82) is 0 Å². The second-order valence-electron chi connectivity index (χ2n) is 6.10. The highest BCUT2D eigenvalue weighted by Gasteiger charge is 2.33. The normalized spacial score (nSPS) is 17.7. The fourth-order valence-corrected chi connectivity index (χ4v) is 3.70. The molecule has 1 amide bonds. The molecule has 0 unspecified atom stereocenters. The van der Waals surface area contributed by atoms with E-state index >= 15 is 0 Å². The minimum atomic E-state index is -3.54. The summed E-state index contributed by atoms with van der Waals surface area (Å²) in [6, 6.07) is 5.82. The number of amides is 1. The minimum Gasteiger partial charge on any atom is -0.393 e. The number of nitrogens with one attached hydrogen (secondary N) is 1. The molecule has 0 bridgehead atoms. The molecule has 1 aromatic rings. The Kier molecular flexibility index (Phi) is 5.97. The number of carbonyl (C=O) groups is 1. The molecule has 1 aliphatic rings. The molecular formula is C16H24N2O5S. The van der Waals surface area contributed by atoms with E-state index in [0.29, 0.717) is 44.5 Å². The van der Waals surface area contributed by atoms with Crippen molar-refractivity contribution >= 4 is 15.9 Å². The highest BCUT2D eigenvalue weighted by atomic mass is 32.2. The van der Waals surface area contributed by atoms with Crippen LogP contribution in [0.15, 0.2) is 29.2 Å². The van der Waals surface area contributed by atoms with Gasteiger partial charge in [-0.2, -0.15) is 0 Å². The highest BCUT2D eigenvalue weighted by molar-refractivity contribution is 7.89. The zero-order chi connectivity index (χ0) is 17.8. The molecule has 0 aromatic heterocycles. The lowest BCUT2D eigenvalue weighted by atomic mass is 9.92. The number of carbonyl (C=O) groups excluding carboxylic acids is 1. The molecule has 7 nitrogen and oxygen atoms in total. The Morgan fingerprint density at radius 3 is 2.33 bits per heavy atom. The maximum absolute atomic E-state index is 12.4. The van der Waals surface area contributed by atoms with Crippen molar-refractivity contribution in [3.8, 4) is 0 Å². The maximum atomic E-state index is 12.4. The van der Waals surface area contributed by atoms with Crippen LogP contribution in [0.5, 0.6) is 0 Å². The van der Waals surface area contributed by atoms with Gasteiger partial charge in [0.2, 0.25) is 10.0 Å². The Morgan fingerprint density at radius 1 is 1.25 bits per heavy atom. The number of aliphatic hydroxyl groups excluding tert-OH is 1.